The molecule has 13 rings (SSSR count). The van der Waals surface area contributed by atoms with Crippen molar-refractivity contribution in [2.75, 3.05) is 0 Å². The van der Waals surface area contributed by atoms with Gasteiger partial charge in [-0.15, -0.1) is 0 Å². The topological polar surface area (TPSA) is 9.86 Å². The SMILES string of the molecule is c1ccc(-c2ccc(-n3c4ccccc4c4cc(-n5c6ccccc6c6c7c(ccc65)C5c6ccccc6C7c6ccccc65)ccc43)cc2)cc1. The highest BCUT2D eigenvalue weighted by Gasteiger charge is 2.42. The Morgan fingerprint density at radius 3 is 1.52 bits per heavy atom. The Balaban J connectivity index is 1.09. The van der Waals surface area contributed by atoms with Crippen LogP contribution in [0.25, 0.3) is 66.1 Å². The molecule has 2 heterocycles. The number of fused-ring (bicyclic) bond motifs is 6. The molecule has 0 radical (unpaired) electrons. The molecular formula is C50H32N2. The fourth-order valence-electron chi connectivity index (χ4n) is 9.81. The minimum Gasteiger partial charge on any atom is -0.309 e. The summed E-state index contributed by atoms with van der Waals surface area (Å²) in [5.74, 6) is 0.465. The molecule has 52 heavy (non-hydrogen) atoms. The summed E-state index contributed by atoms with van der Waals surface area (Å²) in [4.78, 5) is 0. The third-order valence-electron chi connectivity index (χ3n) is 11.9. The van der Waals surface area contributed by atoms with Gasteiger partial charge in [0, 0.05) is 44.8 Å². The summed E-state index contributed by atoms with van der Waals surface area (Å²) in [5.41, 5.74) is 18.5. The number of benzene rings is 8. The van der Waals surface area contributed by atoms with Gasteiger partial charge in [0.2, 0.25) is 0 Å². The van der Waals surface area contributed by atoms with Crippen LogP contribution in [-0.2, 0) is 0 Å². The number of hydrogen-bond donors (Lipinski definition) is 0. The van der Waals surface area contributed by atoms with Crippen molar-refractivity contribution < 1.29 is 0 Å². The molecule has 3 aliphatic carbocycles. The largest absolute Gasteiger partial charge is 0.309 e. The second-order valence-electron chi connectivity index (χ2n) is 14.4. The van der Waals surface area contributed by atoms with E-state index in [0.717, 1.165) is 5.69 Å². The third-order valence-corrected chi connectivity index (χ3v) is 11.9. The first kappa shape index (κ1) is 28.1. The van der Waals surface area contributed by atoms with Gasteiger partial charge in [-0.05, 0) is 93.0 Å². The van der Waals surface area contributed by atoms with Crippen LogP contribution in [0.4, 0.5) is 0 Å². The summed E-state index contributed by atoms with van der Waals surface area (Å²) < 4.78 is 4.92. The van der Waals surface area contributed by atoms with Crippen LogP contribution in [0, 0.1) is 0 Å². The molecule has 0 unspecified atom stereocenters. The second-order valence-corrected chi connectivity index (χ2v) is 14.4. The normalized spacial score (nSPS) is 15.7. The summed E-state index contributed by atoms with van der Waals surface area (Å²) in [7, 11) is 0. The van der Waals surface area contributed by atoms with Crippen LogP contribution in [-0.4, -0.2) is 9.13 Å². The van der Waals surface area contributed by atoms with Crippen molar-refractivity contribution in [1.82, 2.24) is 9.13 Å². The first-order valence-electron chi connectivity index (χ1n) is 18.3. The Morgan fingerprint density at radius 2 is 0.808 bits per heavy atom. The summed E-state index contributed by atoms with van der Waals surface area (Å²) in [5, 5.41) is 5.22. The number of para-hydroxylation sites is 2. The Morgan fingerprint density at radius 1 is 0.308 bits per heavy atom. The summed E-state index contributed by atoms with van der Waals surface area (Å²) in [6.07, 6.45) is 0. The molecule has 2 bridgehead atoms. The van der Waals surface area contributed by atoms with Crippen LogP contribution in [0.1, 0.15) is 45.2 Å². The number of nitrogens with zero attached hydrogens (tertiary/aromatic N) is 2. The smallest absolute Gasteiger partial charge is 0.0544 e. The molecule has 0 aliphatic heterocycles. The highest BCUT2D eigenvalue weighted by atomic mass is 15.0. The van der Waals surface area contributed by atoms with Gasteiger partial charge in [0.25, 0.3) is 0 Å². The zero-order valence-electron chi connectivity index (χ0n) is 28.4. The molecular weight excluding hydrogens is 629 g/mol. The van der Waals surface area contributed by atoms with Crippen LogP contribution in [0.15, 0.2) is 182 Å². The molecule has 0 amide bonds. The van der Waals surface area contributed by atoms with E-state index in [2.05, 4.69) is 191 Å². The molecule has 2 aromatic heterocycles. The summed E-state index contributed by atoms with van der Waals surface area (Å²) in [6, 6.07) is 67.6. The third kappa shape index (κ3) is 3.68. The molecule has 242 valence electrons. The van der Waals surface area contributed by atoms with Crippen LogP contribution in [0.3, 0.4) is 0 Å². The van der Waals surface area contributed by atoms with Crippen molar-refractivity contribution in [2.45, 2.75) is 11.8 Å². The standard InChI is InChI=1S/C50H32N2/c1-2-12-31(13-3-1)32-22-24-33(25-23-32)51-43-20-10-8-14-35(43)42-30-34(26-28-45(42)51)52-44-21-11-9-19-40(44)49-46(52)29-27-41-47-36-15-4-6-17-38(36)48(50(41)49)39-18-7-5-16-37(39)47/h1-30,47-48H. The predicted molar refractivity (Wildman–Crippen MR) is 215 cm³/mol. The van der Waals surface area contributed by atoms with E-state index >= 15 is 0 Å². The molecule has 0 saturated heterocycles. The maximum absolute atomic E-state index is 2.51. The molecule has 3 aliphatic rings. The van der Waals surface area contributed by atoms with E-state index in [1.165, 1.54) is 93.8 Å². The van der Waals surface area contributed by atoms with E-state index < -0.39 is 0 Å². The summed E-state index contributed by atoms with van der Waals surface area (Å²) in [6.45, 7) is 0. The molecule has 10 aromatic rings. The average Bonchev–Trinajstić information content (AvgIpc) is 3.74. The lowest BCUT2D eigenvalue weighted by Crippen LogP contribution is -2.27. The van der Waals surface area contributed by atoms with Crippen LogP contribution in [0.5, 0.6) is 0 Å². The van der Waals surface area contributed by atoms with Crippen LogP contribution in [0.2, 0.25) is 0 Å². The zero-order chi connectivity index (χ0) is 33.9. The lowest BCUT2D eigenvalue weighted by Gasteiger charge is -2.42. The van der Waals surface area contributed by atoms with E-state index in [-0.39, 0.29) is 11.8 Å². The maximum Gasteiger partial charge on any atom is 0.0544 e. The van der Waals surface area contributed by atoms with E-state index in [4.69, 9.17) is 0 Å². The van der Waals surface area contributed by atoms with Crippen molar-refractivity contribution in [3.05, 3.63) is 215 Å². The van der Waals surface area contributed by atoms with E-state index in [1.54, 1.807) is 0 Å². The van der Waals surface area contributed by atoms with Gasteiger partial charge in [0.15, 0.2) is 0 Å². The Kier molecular flexibility index (Phi) is 5.64. The van der Waals surface area contributed by atoms with Gasteiger partial charge in [-0.25, -0.2) is 0 Å². The number of aromatic nitrogens is 2. The Hall–Kier alpha value is -6.64. The highest BCUT2D eigenvalue weighted by molar-refractivity contribution is 6.14. The van der Waals surface area contributed by atoms with Gasteiger partial charge in [-0.2, -0.15) is 0 Å². The molecule has 2 nitrogen and oxygen atoms in total. The average molecular weight is 661 g/mol. The zero-order valence-corrected chi connectivity index (χ0v) is 28.4. The monoisotopic (exact) mass is 660 g/mol. The first-order chi connectivity index (χ1) is 25.8. The van der Waals surface area contributed by atoms with Gasteiger partial charge in [-0.3, -0.25) is 0 Å². The first-order valence-corrected chi connectivity index (χ1v) is 18.3. The van der Waals surface area contributed by atoms with Crippen molar-refractivity contribution in [3.8, 4) is 22.5 Å². The molecule has 0 spiro atoms. The van der Waals surface area contributed by atoms with Crippen molar-refractivity contribution in [3.63, 3.8) is 0 Å². The number of rotatable bonds is 3. The minimum absolute atomic E-state index is 0.212. The van der Waals surface area contributed by atoms with Crippen LogP contribution >= 0.6 is 0 Å². The molecule has 2 heteroatoms. The number of hydrogen-bond acceptors (Lipinski definition) is 0. The molecule has 8 aromatic carbocycles. The van der Waals surface area contributed by atoms with Gasteiger partial charge in [0.1, 0.15) is 0 Å². The second kappa shape index (κ2) is 10.4. The van der Waals surface area contributed by atoms with E-state index in [9.17, 15) is 0 Å². The van der Waals surface area contributed by atoms with Gasteiger partial charge in [0.05, 0.1) is 22.1 Å². The summed E-state index contributed by atoms with van der Waals surface area (Å²) >= 11 is 0. The molecule has 0 N–H and O–H groups in total. The van der Waals surface area contributed by atoms with Crippen molar-refractivity contribution in [1.29, 1.82) is 0 Å². The Labute approximate surface area is 301 Å². The lowest BCUT2D eigenvalue weighted by atomic mass is 9.60. The molecule has 0 saturated carbocycles. The van der Waals surface area contributed by atoms with E-state index in [0.29, 0.717) is 0 Å². The van der Waals surface area contributed by atoms with Crippen molar-refractivity contribution >= 4 is 43.6 Å². The Bertz CT molecular complexity index is 3020. The van der Waals surface area contributed by atoms with Gasteiger partial charge >= 0.3 is 0 Å². The highest BCUT2D eigenvalue weighted by Crippen LogP contribution is 2.58. The van der Waals surface area contributed by atoms with Crippen LogP contribution < -0.4 is 0 Å². The van der Waals surface area contributed by atoms with Crippen molar-refractivity contribution in [2.24, 2.45) is 0 Å². The quantitative estimate of drug-likeness (QED) is 0.178. The lowest BCUT2D eigenvalue weighted by molar-refractivity contribution is 0.761. The fraction of sp³-hybridized carbons (Fsp3) is 0.0400. The minimum atomic E-state index is 0.212. The molecule has 0 fully saturated rings. The van der Waals surface area contributed by atoms with E-state index in [1.807, 2.05) is 0 Å². The predicted octanol–water partition coefficient (Wildman–Crippen LogP) is 12.5. The van der Waals surface area contributed by atoms with Gasteiger partial charge in [-0.1, -0.05) is 133 Å². The fourth-order valence-corrected chi connectivity index (χ4v) is 9.81. The maximum atomic E-state index is 2.51. The molecule has 0 atom stereocenters. The van der Waals surface area contributed by atoms with Gasteiger partial charge < -0.3 is 9.13 Å².